The second-order valence-corrected chi connectivity index (χ2v) is 5.39. The zero-order chi connectivity index (χ0) is 14.8. The third-order valence-electron chi connectivity index (χ3n) is 3.57. The van der Waals surface area contributed by atoms with Gasteiger partial charge in [0.15, 0.2) is 0 Å². The van der Waals surface area contributed by atoms with E-state index in [2.05, 4.69) is 42.9 Å². The van der Waals surface area contributed by atoms with Gasteiger partial charge in [-0.25, -0.2) is 4.98 Å². The lowest BCUT2D eigenvalue weighted by Gasteiger charge is -2.12. The average molecular weight is 280 g/mol. The number of hydrogen-bond acceptors (Lipinski definition) is 2. The molecule has 0 saturated carbocycles. The third kappa shape index (κ3) is 2.64. The highest BCUT2D eigenvalue weighted by molar-refractivity contribution is 5.79. The lowest BCUT2D eigenvalue weighted by Crippen LogP contribution is -1.99. The summed E-state index contributed by atoms with van der Waals surface area (Å²) in [6.07, 6.45) is 1.02. The summed E-state index contributed by atoms with van der Waals surface area (Å²) in [6, 6.07) is 12.4. The Labute approximate surface area is 125 Å². The number of hydrogen-bond donors (Lipinski definition) is 1. The molecule has 0 aliphatic carbocycles. The van der Waals surface area contributed by atoms with Crippen molar-refractivity contribution in [2.45, 2.75) is 27.2 Å². The van der Waals surface area contributed by atoms with Gasteiger partial charge in [0.1, 0.15) is 11.6 Å². The molecule has 21 heavy (non-hydrogen) atoms. The van der Waals surface area contributed by atoms with Gasteiger partial charge in [-0.1, -0.05) is 19.1 Å². The molecular formula is C18H20N2O. The zero-order valence-electron chi connectivity index (χ0n) is 12.7. The van der Waals surface area contributed by atoms with E-state index >= 15 is 0 Å². The van der Waals surface area contributed by atoms with Crippen LogP contribution in [0.1, 0.15) is 24.5 Å². The number of aromatic amines is 1. The fraction of sp³-hybridized carbons (Fsp3) is 0.278. The van der Waals surface area contributed by atoms with E-state index in [-0.39, 0.29) is 0 Å². The van der Waals surface area contributed by atoms with Crippen LogP contribution in [0.15, 0.2) is 36.4 Å². The predicted octanol–water partition coefficient (Wildman–Crippen LogP) is 4.64. The summed E-state index contributed by atoms with van der Waals surface area (Å²) in [4.78, 5) is 8.04. The Kier molecular flexibility index (Phi) is 3.65. The lowest BCUT2D eigenvalue weighted by atomic mass is 10.1. The fourth-order valence-electron chi connectivity index (χ4n) is 2.61. The highest BCUT2D eigenvalue weighted by Crippen LogP contribution is 2.30. The Morgan fingerprint density at radius 3 is 2.48 bits per heavy atom. The summed E-state index contributed by atoms with van der Waals surface area (Å²) in [5, 5.41) is 0. The lowest BCUT2D eigenvalue weighted by molar-refractivity contribution is 0.313. The van der Waals surface area contributed by atoms with E-state index in [1.165, 1.54) is 0 Å². The summed E-state index contributed by atoms with van der Waals surface area (Å²) in [5.41, 5.74) is 5.46. The Morgan fingerprint density at radius 2 is 1.81 bits per heavy atom. The minimum Gasteiger partial charge on any atom is -0.493 e. The molecule has 1 heterocycles. The maximum Gasteiger partial charge on any atom is 0.138 e. The van der Waals surface area contributed by atoms with Gasteiger partial charge in [0, 0.05) is 5.56 Å². The molecule has 0 unspecified atom stereocenters. The summed E-state index contributed by atoms with van der Waals surface area (Å²) in [6.45, 7) is 7.05. The summed E-state index contributed by atoms with van der Waals surface area (Å²) in [7, 11) is 0. The Bertz CT molecular complexity index is 718. The molecule has 1 aromatic heterocycles. The second kappa shape index (κ2) is 5.60. The van der Waals surface area contributed by atoms with Crippen molar-refractivity contribution >= 4 is 11.0 Å². The van der Waals surface area contributed by atoms with Crippen molar-refractivity contribution in [1.29, 1.82) is 0 Å². The number of imidazole rings is 1. The Balaban J connectivity index is 2.02. The van der Waals surface area contributed by atoms with E-state index in [0.717, 1.165) is 52.3 Å². The average Bonchev–Trinajstić information content (AvgIpc) is 2.90. The van der Waals surface area contributed by atoms with Crippen LogP contribution in [0.2, 0.25) is 0 Å². The first-order valence-corrected chi connectivity index (χ1v) is 7.38. The van der Waals surface area contributed by atoms with Crippen LogP contribution in [0.5, 0.6) is 5.75 Å². The van der Waals surface area contributed by atoms with Gasteiger partial charge >= 0.3 is 0 Å². The quantitative estimate of drug-likeness (QED) is 0.756. The molecule has 0 fully saturated rings. The molecule has 3 rings (SSSR count). The molecule has 0 aliphatic heterocycles. The van der Waals surface area contributed by atoms with E-state index in [9.17, 15) is 0 Å². The van der Waals surface area contributed by atoms with Gasteiger partial charge in [0.2, 0.25) is 0 Å². The molecule has 0 atom stereocenters. The molecule has 3 heteroatoms. The number of aryl methyl sites for hydroxylation is 2. The first-order chi connectivity index (χ1) is 10.2. The molecule has 1 N–H and O–H groups in total. The number of H-pyrrole nitrogens is 1. The van der Waals surface area contributed by atoms with E-state index in [1.54, 1.807) is 0 Å². The molecule has 0 aliphatic rings. The third-order valence-corrected chi connectivity index (χ3v) is 3.57. The summed E-state index contributed by atoms with van der Waals surface area (Å²) >= 11 is 0. The molecule has 2 aromatic carbocycles. The van der Waals surface area contributed by atoms with Crippen molar-refractivity contribution in [3.05, 3.63) is 47.5 Å². The number of nitrogens with zero attached hydrogens (tertiary/aromatic N) is 1. The molecule has 3 nitrogen and oxygen atoms in total. The first kappa shape index (κ1) is 13.7. The molecule has 0 amide bonds. The van der Waals surface area contributed by atoms with Gasteiger partial charge < -0.3 is 9.72 Å². The monoisotopic (exact) mass is 280 g/mol. The number of nitrogens with one attached hydrogen (secondary N) is 1. The van der Waals surface area contributed by atoms with Crippen LogP contribution in [0.4, 0.5) is 0 Å². The van der Waals surface area contributed by atoms with Gasteiger partial charge in [-0.05, 0) is 55.7 Å². The standard InChI is InChI=1S/C18H20N2O/c1-4-9-21-17-12(2)10-14(11-13(17)3)18-19-15-7-5-6-8-16(15)20-18/h5-8,10-11H,4,9H2,1-3H3,(H,19,20). The predicted molar refractivity (Wildman–Crippen MR) is 86.8 cm³/mol. The van der Waals surface area contributed by atoms with Gasteiger partial charge in [0.25, 0.3) is 0 Å². The Morgan fingerprint density at radius 1 is 1.10 bits per heavy atom. The topological polar surface area (TPSA) is 37.9 Å². The molecule has 0 bridgehead atoms. The largest absolute Gasteiger partial charge is 0.493 e. The maximum atomic E-state index is 5.84. The smallest absolute Gasteiger partial charge is 0.138 e. The summed E-state index contributed by atoms with van der Waals surface area (Å²) in [5.74, 6) is 1.90. The van der Waals surface area contributed by atoms with Crippen LogP contribution in [-0.2, 0) is 0 Å². The minimum atomic E-state index is 0.756. The second-order valence-electron chi connectivity index (χ2n) is 5.39. The maximum absolute atomic E-state index is 5.84. The van der Waals surface area contributed by atoms with Crippen LogP contribution < -0.4 is 4.74 Å². The molecule has 3 aromatic rings. The fourth-order valence-corrected chi connectivity index (χ4v) is 2.61. The number of ether oxygens (including phenoxy) is 1. The normalized spacial score (nSPS) is 11.0. The van der Waals surface area contributed by atoms with Crippen molar-refractivity contribution < 1.29 is 4.74 Å². The molecule has 0 spiro atoms. The molecule has 0 radical (unpaired) electrons. The van der Waals surface area contributed by atoms with Crippen molar-refractivity contribution in [2.75, 3.05) is 6.61 Å². The number of benzene rings is 2. The highest BCUT2D eigenvalue weighted by Gasteiger charge is 2.10. The summed E-state index contributed by atoms with van der Waals surface area (Å²) < 4.78 is 5.84. The van der Waals surface area contributed by atoms with Gasteiger partial charge in [-0.3, -0.25) is 0 Å². The van der Waals surface area contributed by atoms with Crippen molar-refractivity contribution in [1.82, 2.24) is 9.97 Å². The molecular weight excluding hydrogens is 260 g/mol. The van der Waals surface area contributed by atoms with Crippen molar-refractivity contribution in [2.24, 2.45) is 0 Å². The minimum absolute atomic E-state index is 0.756. The Hall–Kier alpha value is -2.29. The highest BCUT2D eigenvalue weighted by atomic mass is 16.5. The van der Waals surface area contributed by atoms with E-state index in [0.29, 0.717) is 0 Å². The molecule has 108 valence electrons. The number of aromatic nitrogens is 2. The van der Waals surface area contributed by atoms with E-state index < -0.39 is 0 Å². The SMILES string of the molecule is CCCOc1c(C)cc(-c2nc3ccccc3[nH]2)cc1C. The number of fused-ring (bicyclic) bond motifs is 1. The van der Waals surface area contributed by atoms with Crippen molar-refractivity contribution in [3.8, 4) is 17.1 Å². The first-order valence-electron chi connectivity index (χ1n) is 7.38. The molecule has 0 saturated heterocycles. The van der Waals surface area contributed by atoms with Gasteiger partial charge in [0.05, 0.1) is 17.6 Å². The van der Waals surface area contributed by atoms with Gasteiger partial charge in [-0.2, -0.15) is 0 Å². The number of rotatable bonds is 4. The van der Waals surface area contributed by atoms with Crippen LogP contribution >= 0.6 is 0 Å². The van der Waals surface area contributed by atoms with Crippen molar-refractivity contribution in [3.63, 3.8) is 0 Å². The van der Waals surface area contributed by atoms with Crippen LogP contribution in [0.25, 0.3) is 22.4 Å². The van der Waals surface area contributed by atoms with Crippen LogP contribution in [-0.4, -0.2) is 16.6 Å². The zero-order valence-corrected chi connectivity index (χ0v) is 12.7. The number of para-hydroxylation sites is 2. The van der Waals surface area contributed by atoms with Crippen LogP contribution in [0.3, 0.4) is 0 Å². The van der Waals surface area contributed by atoms with Crippen LogP contribution in [0, 0.1) is 13.8 Å². The van der Waals surface area contributed by atoms with Gasteiger partial charge in [-0.15, -0.1) is 0 Å². The van der Waals surface area contributed by atoms with E-state index in [4.69, 9.17) is 4.74 Å². The van der Waals surface area contributed by atoms with E-state index in [1.807, 2.05) is 24.3 Å².